The van der Waals surface area contributed by atoms with Crippen LogP contribution in [0.4, 0.5) is 0 Å². The molecular formula is C12H23N. The molecule has 0 heterocycles. The monoisotopic (exact) mass is 181 g/mol. The Morgan fingerprint density at radius 1 is 1.15 bits per heavy atom. The van der Waals surface area contributed by atoms with Gasteiger partial charge in [0.25, 0.3) is 0 Å². The third-order valence-electron chi connectivity index (χ3n) is 1.92. The van der Waals surface area contributed by atoms with E-state index in [4.69, 9.17) is 0 Å². The molecule has 1 nitrogen and oxygen atoms in total. The predicted octanol–water partition coefficient (Wildman–Crippen LogP) is 3.29. The van der Waals surface area contributed by atoms with Gasteiger partial charge in [0.2, 0.25) is 0 Å². The minimum absolute atomic E-state index is 1.02. The highest BCUT2D eigenvalue weighted by Gasteiger charge is 1.82. The first-order valence-electron chi connectivity index (χ1n) is 5.38. The summed E-state index contributed by atoms with van der Waals surface area (Å²) >= 11 is 0. The molecule has 0 radical (unpaired) electrons. The van der Waals surface area contributed by atoms with Gasteiger partial charge in [0.15, 0.2) is 0 Å². The first-order chi connectivity index (χ1) is 6.41. The molecule has 0 aromatic heterocycles. The molecule has 0 amide bonds. The lowest BCUT2D eigenvalue weighted by Crippen LogP contribution is -2.14. The Kier molecular flexibility index (Phi) is 10.9. The molecule has 0 saturated carbocycles. The molecule has 0 spiro atoms. The molecule has 0 fully saturated rings. The van der Waals surface area contributed by atoms with Crippen LogP contribution in [0.15, 0.2) is 24.8 Å². The zero-order valence-electron chi connectivity index (χ0n) is 8.89. The molecule has 0 aliphatic carbocycles. The Labute approximate surface area is 82.9 Å². The van der Waals surface area contributed by atoms with Crippen LogP contribution in [0, 0.1) is 0 Å². The number of hydrogen-bond donors (Lipinski definition) is 1. The van der Waals surface area contributed by atoms with Gasteiger partial charge in [0.05, 0.1) is 0 Å². The maximum absolute atomic E-state index is 3.69. The summed E-state index contributed by atoms with van der Waals surface area (Å²) in [5, 5.41) is 3.37. The normalized spacial score (nSPS) is 10.8. The average Bonchev–Trinajstić information content (AvgIpc) is 2.16. The molecule has 0 aromatic rings. The number of hydrogen-bond acceptors (Lipinski definition) is 1. The van der Waals surface area contributed by atoms with E-state index >= 15 is 0 Å². The van der Waals surface area contributed by atoms with Gasteiger partial charge < -0.3 is 5.32 Å². The van der Waals surface area contributed by atoms with Gasteiger partial charge in [0, 0.05) is 6.54 Å². The van der Waals surface area contributed by atoms with Gasteiger partial charge in [-0.3, -0.25) is 0 Å². The minimum atomic E-state index is 1.02. The van der Waals surface area contributed by atoms with Gasteiger partial charge in [0.1, 0.15) is 0 Å². The first kappa shape index (κ1) is 12.4. The average molecular weight is 181 g/mol. The predicted molar refractivity (Wildman–Crippen MR) is 61.0 cm³/mol. The zero-order valence-corrected chi connectivity index (χ0v) is 8.89. The van der Waals surface area contributed by atoms with E-state index in [0.717, 1.165) is 19.5 Å². The van der Waals surface area contributed by atoms with Gasteiger partial charge in [-0.15, -0.1) is 6.58 Å². The quantitative estimate of drug-likeness (QED) is 0.425. The standard InChI is InChI=1S/C12H23N/c1-3-5-7-8-9-10-12-13-11-6-4-2/h3,9-10,13H,1,4-8,11-12H2,2H3/b10-9+. The van der Waals surface area contributed by atoms with Crippen molar-refractivity contribution < 1.29 is 0 Å². The number of unbranched alkanes of at least 4 members (excludes halogenated alkanes) is 3. The third-order valence-corrected chi connectivity index (χ3v) is 1.92. The highest BCUT2D eigenvalue weighted by molar-refractivity contribution is 4.84. The van der Waals surface area contributed by atoms with E-state index in [1.54, 1.807) is 0 Å². The van der Waals surface area contributed by atoms with Gasteiger partial charge in [-0.25, -0.2) is 0 Å². The van der Waals surface area contributed by atoms with Crippen molar-refractivity contribution in [1.82, 2.24) is 5.32 Å². The van der Waals surface area contributed by atoms with Crippen LogP contribution in [0.1, 0.15) is 39.0 Å². The fraction of sp³-hybridized carbons (Fsp3) is 0.667. The lowest BCUT2D eigenvalue weighted by molar-refractivity contribution is 0.680. The van der Waals surface area contributed by atoms with Gasteiger partial charge in [-0.2, -0.15) is 0 Å². The molecule has 1 N–H and O–H groups in total. The Morgan fingerprint density at radius 2 is 2.00 bits per heavy atom. The van der Waals surface area contributed by atoms with Crippen LogP contribution in [0.5, 0.6) is 0 Å². The van der Waals surface area contributed by atoms with E-state index in [-0.39, 0.29) is 0 Å². The largest absolute Gasteiger partial charge is 0.313 e. The van der Waals surface area contributed by atoms with Crippen LogP contribution in [0.3, 0.4) is 0 Å². The van der Waals surface area contributed by atoms with Crippen LogP contribution in [-0.4, -0.2) is 13.1 Å². The lowest BCUT2D eigenvalue weighted by atomic mass is 10.2. The van der Waals surface area contributed by atoms with E-state index < -0.39 is 0 Å². The van der Waals surface area contributed by atoms with E-state index in [2.05, 4.69) is 31.0 Å². The Bertz CT molecular complexity index is 127. The SMILES string of the molecule is C=CCCC/C=C/CNCCCC. The molecule has 0 bridgehead atoms. The number of allylic oxidation sites excluding steroid dienone is 2. The smallest absolute Gasteiger partial charge is 0.0134 e. The summed E-state index contributed by atoms with van der Waals surface area (Å²) in [6.45, 7) is 8.08. The van der Waals surface area contributed by atoms with Crippen molar-refractivity contribution in [2.24, 2.45) is 0 Å². The molecule has 0 unspecified atom stereocenters. The Balaban J connectivity index is 2.98. The van der Waals surface area contributed by atoms with Gasteiger partial charge >= 0.3 is 0 Å². The molecule has 0 saturated heterocycles. The van der Waals surface area contributed by atoms with Crippen molar-refractivity contribution in [2.75, 3.05) is 13.1 Å². The first-order valence-corrected chi connectivity index (χ1v) is 5.38. The molecule has 13 heavy (non-hydrogen) atoms. The van der Waals surface area contributed by atoms with E-state index in [0.29, 0.717) is 0 Å². The molecule has 0 atom stereocenters. The third kappa shape index (κ3) is 11.4. The molecule has 76 valence electrons. The van der Waals surface area contributed by atoms with Crippen molar-refractivity contribution in [3.8, 4) is 0 Å². The van der Waals surface area contributed by atoms with Crippen LogP contribution in [-0.2, 0) is 0 Å². The van der Waals surface area contributed by atoms with Gasteiger partial charge in [-0.05, 0) is 32.2 Å². The summed E-state index contributed by atoms with van der Waals surface area (Å²) in [6.07, 6.45) is 12.6. The van der Waals surface area contributed by atoms with Crippen LogP contribution >= 0.6 is 0 Å². The lowest BCUT2D eigenvalue weighted by Gasteiger charge is -1.97. The summed E-state index contributed by atoms with van der Waals surface area (Å²) in [5.74, 6) is 0. The van der Waals surface area contributed by atoms with E-state index in [1.807, 2.05) is 6.08 Å². The van der Waals surface area contributed by atoms with E-state index in [9.17, 15) is 0 Å². The molecule has 1 heteroatoms. The number of nitrogens with one attached hydrogen (secondary N) is 1. The van der Waals surface area contributed by atoms with Crippen molar-refractivity contribution >= 4 is 0 Å². The second-order valence-corrected chi connectivity index (χ2v) is 3.25. The maximum Gasteiger partial charge on any atom is 0.0134 e. The Hall–Kier alpha value is -0.560. The van der Waals surface area contributed by atoms with Crippen molar-refractivity contribution in [3.63, 3.8) is 0 Å². The minimum Gasteiger partial charge on any atom is -0.313 e. The van der Waals surface area contributed by atoms with Crippen molar-refractivity contribution in [1.29, 1.82) is 0 Å². The molecule has 0 aliphatic heterocycles. The summed E-state index contributed by atoms with van der Waals surface area (Å²) in [7, 11) is 0. The maximum atomic E-state index is 3.69. The highest BCUT2D eigenvalue weighted by Crippen LogP contribution is 1.95. The second kappa shape index (κ2) is 11.4. The topological polar surface area (TPSA) is 12.0 Å². The van der Waals surface area contributed by atoms with E-state index in [1.165, 1.54) is 25.7 Å². The van der Waals surface area contributed by atoms with Crippen LogP contribution < -0.4 is 5.32 Å². The Morgan fingerprint density at radius 3 is 2.69 bits per heavy atom. The molecular weight excluding hydrogens is 158 g/mol. The summed E-state index contributed by atoms with van der Waals surface area (Å²) < 4.78 is 0. The molecule has 0 aromatic carbocycles. The number of rotatable bonds is 9. The van der Waals surface area contributed by atoms with Crippen LogP contribution in [0.25, 0.3) is 0 Å². The second-order valence-electron chi connectivity index (χ2n) is 3.25. The fourth-order valence-corrected chi connectivity index (χ4v) is 1.07. The van der Waals surface area contributed by atoms with Crippen molar-refractivity contribution in [3.05, 3.63) is 24.8 Å². The van der Waals surface area contributed by atoms with Crippen LogP contribution in [0.2, 0.25) is 0 Å². The zero-order chi connectivity index (χ0) is 9.78. The summed E-state index contributed by atoms with van der Waals surface area (Å²) in [4.78, 5) is 0. The van der Waals surface area contributed by atoms with Crippen molar-refractivity contribution in [2.45, 2.75) is 39.0 Å². The fourth-order valence-electron chi connectivity index (χ4n) is 1.07. The molecule has 0 rings (SSSR count). The summed E-state index contributed by atoms with van der Waals surface area (Å²) in [5.41, 5.74) is 0. The summed E-state index contributed by atoms with van der Waals surface area (Å²) in [6, 6.07) is 0. The van der Waals surface area contributed by atoms with Gasteiger partial charge in [-0.1, -0.05) is 31.6 Å². The molecule has 0 aliphatic rings. The highest BCUT2D eigenvalue weighted by atomic mass is 14.8.